The smallest absolute Gasteiger partial charge is 0.256 e. The molecular formula is C15H18N4O3S. The van der Waals surface area contributed by atoms with Crippen LogP contribution in [0, 0.1) is 5.92 Å². The van der Waals surface area contributed by atoms with E-state index in [-0.39, 0.29) is 29.8 Å². The molecule has 1 aliphatic carbocycles. The molecule has 23 heavy (non-hydrogen) atoms. The molecule has 2 heterocycles. The summed E-state index contributed by atoms with van der Waals surface area (Å²) in [7, 11) is 1.57. The predicted octanol–water partition coefficient (Wildman–Crippen LogP) is 1.37. The number of hydrogen-bond acceptors (Lipinski definition) is 7. The SMILES string of the molecule is COc1cncc(C(NC(=O)c2csnc2N)C2CC(O)C2)c1. The highest BCUT2D eigenvalue weighted by Gasteiger charge is 2.36. The zero-order chi connectivity index (χ0) is 16.4. The van der Waals surface area contributed by atoms with Crippen LogP contribution in [0.1, 0.15) is 34.8 Å². The van der Waals surface area contributed by atoms with Gasteiger partial charge in [0.15, 0.2) is 0 Å². The van der Waals surface area contributed by atoms with Crippen molar-refractivity contribution in [3.05, 3.63) is 35.0 Å². The molecule has 0 radical (unpaired) electrons. The number of anilines is 1. The van der Waals surface area contributed by atoms with Gasteiger partial charge in [-0.05, 0) is 41.9 Å². The average molecular weight is 334 g/mol. The average Bonchev–Trinajstić information content (AvgIpc) is 2.96. The molecule has 1 unspecified atom stereocenters. The number of pyridine rings is 1. The predicted molar refractivity (Wildman–Crippen MR) is 86.3 cm³/mol. The number of hydrogen-bond donors (Lipinski definition) is 3. The maximum atomic E-state index is 12.5. The van der Waals surface area contributed by atoms with Gasteiger partial charge in [-0.15, -0.1) is 0 Å². The van der Waals surface area contributed by atoms with Crippen molar-refractivity contribution in [1.29, 1.82) is 0 Å². The number of nitrogens with zero attached hydrogens (tertiary/aromatic N) is 2. The molecule has 0 aliphatic heterocycles. The largest absolute Gasteiger partial charge is 0.495 e. The van der Waals surface area contributed by atoms with Crippen molar-refractivity contribution < 1.29 is 14.6 Å². The number of aliphatic hydroxyl groups is 1. The zero-order valence-corrected chi connectivity index (χ0v) is 13.4. The first-order valence-corrected chi connectivity index (χ1v) is 8.10. The molecule has 1 aliphatic rings. The minimum Gasteiger partial charge on any atom is -0.495 e. The van der Waals surface area contributed by atoms with Crippen molar-refractivity contribution in [3.63, 3.8) is 0 Å². The number of aromatic nitrogens is 2. The van der Waals surface area contributed by atoms with E-state index < -0.39 is 0 Å². The third-order valence-electron chi connectivity index (χ3n) is 4.08. The van der Waals surface area contributed by atoms with Crippen molar-refractivity contribution in [1.82, 2.24) is 14.7 Å². The maximum Gasteiger partial charge on any atom is 0.256 e. The van der Waals surface area contributed by atoms with E-state index in [0.717, 1.165) is 17.1 Å². The van der Waals surface area contributed by atoms with E-state index in [1.165, 1.54) is 0 Å². The molecule has 3 rings (SSSR count). The number of rotatable bonds is 5. The van der Waals surface area contributed by atoms with Crippen molar-refractivity contribution in [2.45, 2.75) is 25.0 Å². The quantitative estimate of drug-likeness (QED) is 0.762. The summed E-state index contributed by atoms with van der Waals surface area (Å²) in [6, 6.07) is 1.59. The van der Waals surface area contributed by atoms with Crippen LogP contribution in [0.15, 0.2) is 23.8 Å². The lowest BCUT2D eigenvalue weighted by molar-refractivity contribution is 0.0234. The van der Waals surface area contributed by atoms with Gasteiger partial charge in [0.2, 0.25) is 0 Å². The molecular weight excluding hydrogens is 316 g/mol. The zero-order valence-electron chi connectivity index (χ0n) is 12.6. The number of carbonyl (C=O) groups is 1. The molecule has 8 heteroatoms. The Kier molecular flexibility index (Phi) is 4.44. The Morgan fingerprint density at radius 2 is 2.30 bits per heavy atom. The lowest BCUT2D eigenvalue weighted by Gasteiger charge is -2.38. The molecule has 0 aromatic carbocycles. The van der Waals surface area contributed by atoms with Gasteiger partial charge in [-0.25, -0.2) is 0 Å². The van der Waals surface area contributed by atoms with Gasteiger partial charge < -0.3 is 20.9 Å². The summed E-state index contributed by atoms with van der Waals surface area (Å²) in [5, 5.41) is 14.2. The topological polar surface area (TPSA) is 110 Å². The normalized spacial score (nSPS) is 21.3. The van der Waals surface area contributed by atoms with Crippen LogP contribution in [0.2, 0.25) is 0 Å². The summed E-state index contributed by atoms with van der Waals surface area (Å²) in [5.74, 6) is 0.725. The lowest BCUT2D eigenvalue weighted by atomic mass is 9.75. The second kappa shape index (κ2) is 6.51. The van der Waals surface area contributed by atoms with Gasteiger partial charge in [-0.2, -0.15) is 4.37 Å². The number of methoxy groups -OCH3 is 1. The van der Waals surface area contributed by atoms with Crippen LogP contribution in [0.4, 0.5) is 5.82 Å². The van der Waals surface area contributed by atoms with E-state index in [1.807, 2.05) is 6.07 Å². The molecule has 7 nitrogen and oxygen atoms in total. The molecule has 122 valence electrons. The Hall–Kier alpha value is -2.19. The summed E-state index contributed by atoms with van der Waals surface area (Å²) in [6.45, 7) is 0. The molecule has 2 aromatic rings. The van der Waals surface area contributed by atoms with Crippen molar-refractivity contribution in [2.75, 3.05) is 12.8 Å². The molecule has 2 aromatic heterocycles. The highest BCUT2D eigenvalue weighted by atomic mass is 32.1. The van der Waals surface area contributed by atoms with E-state index in [2.05, 4.69) is 14.7 Å². The van der Waals surface area contributed by atoms with E-state index in [0.29, 0.717) is 24.2 Å². The van der Waals surface area contributed by atoms with Crippen LogP contribution < -0.4 is 15.8 Å². The number of nitrogens with one attached hydrogen (secondary N) is 1. The van der Waals surface area contributed by atoms with Crippen LogP contribution >= 0.6 is 11.5 Å². The Bertz CT molecular complexity index is 700. The fourth-order valence-corrected chi connectivity index (χ4v) is 3.32. The summed E-state index contributed by atoms with van der Waals surface area (Å²) < 4.78 is 9.12. The van der Waals surface area contributed by atoms with Gasteiger partial charge >= 0.3 is 0 Å². The van der Waals surface area contributed by atoms with E-state index >= 15 is 0 Å². The number of amides is 1. The van der Waals surface area contributed by atoms with Crippen molar-refractivity contribution in [2.24, 2.45) is 5.92 Å². The van der Waals surface area contributed by atoms with Crippen LogP contribution in [-0.4, -0.2) is 33.6 Å². The van der Waals surface area contributed by atoms with Crippen LogP contribution in [-0.2, 0) is 0 Å². The van der Waals surface area contributed by atoms with Crippen LogP contribution in [0.25, 0.3) is 0 Å². The minimum atomic E-state index is -0.314. The first kappa shape index (κ1) is 15.7. The monoisotopic (exact) mass is 334 g/mol. The Morgan fingerprint density at radius 3 is 2.91 bits per heavy atom. The molecule has 1 saturated carbocycles. The number of nitrogen functional groups attached to an aromatic ring is 1. The first-order chi connectivity index (χ1) is 11.1. The molecule has 1 amide bonds. The molecule has 1 atom stereocenters. The van der Waals surface area contributed by atoms with Gasteiger partial charge in [0.25, 0.3) is 5.91 Å². The number of carbonyl (C=O) groups excluding carboxylic acids is 1. The molecule has 0 saturated heterocycles. The van der Waals surface area contributed by atoms with Crippen molar-refractivity contribution >= 4 is 23.3 Å². The summed E-state index contributed by atoms with van der Waals surface area (Å²) in [5.41, 5.74) is 6.93. The molecule has 0 spiro atoms. The van der Waals surface area contributed by atoms with Crippen LogP contribution in [0.5, 0.6) is 5.75 Å². The standard InChI is InChI=1S/C15H18N4O3S/c1-22-11-4-9(5-17-6-11)13(8-2-10(20)3-8)18-15(21)12-7-23-19-14(12)16/h4-8,10,13,20H,2-3H2,1H3,(H2,16,19)(H,18,21). The molecule has 1 fully saturated rings. The minimum absolute atomic E-state index is 0.149. The van der Waals surface area contributed by atoms with E-state index in [1.54, 1.807) is 24.9 Å². The highest BCUT2D eigenvalue weighted by Crippen LogP contribution is 2.38. The highest BCUT2D eigenvalue weighted by molar-refractivity contribution is 7.04. The van der Waals surface area contributed by atoms with Gasteiger partial charge in [-0.3, -0.25) is 9.78 Å². The first-order valence-electron chi connectivity index (χ1n) is 7.26. The van der Waals surface area contributed by atoms with Crippen molar-refractivity contribution in [3.8, 4) is 5.75 Å². The van der Waals surface area contributed by atoms with Gasteiger partial charge in [0.1, 0.15) is 11.6 Å². The number of ether oxygens (including phenoxy) is 1. The fraction of sp³-hybridized carbons (Fsp3) is 0.400. The van der Waals surface area contributed by atoms with Gasteiger partial charge in [0, 0.05) is 11.6 Å². The summed E-state index contributed by atoms with van der Waals surface area (Å²) in [4.78, 5) is 16.6. The second-order valence-electron chi connectivity index (χ2n) is 5.61. The Labute approximate surface area is 137 Å². The van der Waals surface area contributed by atoms with E-state index in [9.17, 15) is 9.90 Å². The maximum absolute atomic E-state index is 12.5. The Morgan fingerprint density at radius 1 is 1.52 bits per heavy atom. The van der Waals surface area contributed by atoms with Gasteiger partial charge in [0.05, 0.1) is 31.0 Å². The van der Waals surface area contributed by atoms with Crippen LogP contribution in [0.3, 0.4) is 0 Å². The molecule has 4 N–H and O–H groups in total. The number of aliphatic hydroxyl groups excluding tert-OH is 1. The lowest BCUT2D eigenvalue weighted by Crippen LogP contribution is -2.41. The second-order valence-corrected chi connectivity index (χ2v) is 6.24. The fourth-order valence-electron chi connectivity index (χ4n) is 2.73. The molecule has 0 bridgehead atoms. The summed E-state index contributed by atoms with van der Waals surface area (Å²) >= 11 is 1.14. The Balaban J connectivity index is 1.84. The number of nitrogens with two attached hydrogens (primary N) is 1. The third-order valence-corrected chi connectivity index (χ3v) is 4.72. The van der Waals surface area contributed by atoms with E-state index in [4.69, 9.17) is 10.5 Å². The van der Waals surface area contributed by atoms with Gasteiger partial charge in [-0.1, -0.05) is 0 Å². The summed E-state index contributed by atoms with van der Waals surface area (Å²) in [6.07, 6.45) is 4.27. The third kappa shape index (κ3) is 3.27.